The van der Waals surface area contributed by atoms with Crippen molar-refractivity contribution in [2.24, 2.45) is 0 Å². The number of hydrazine groups is 1. The molecule has 0 aliphatic heterocycles. The van der Waals surface area contributed by atoms with Gasteiger partial charge in [-0.05, 0) is 63.3 Å². The zero-order valence-electron chi connectivity index (χ0n) is 16.7. The first-order chi connectivity index (χ1) is 13.6. The van der Waals surface area contributed by atoms with Crippen LogP contribution in [-0.4, -0.2) is 31.5 Å². The number of amides is 2. The fourth-order valence-electron chi connectivity index (χ4n) is 2.34. The molecule has 2 aromatic carbocycles. The van der Waals surface area contributed by atoms with Crippen LogP contribution in [-0.2, 0) is 14.9 Å². The van der Waals surface area contributed by atoms with Crippen molar-refractivity contribution < 1.29 is 23.9 Å². The quantitative estimate of drug-likeness (QED) is 0.524. The lowest BCUT2D eigenvalue weighted by Crippen LogP contribution is -2.43. The molecular weight excluding hydrogens is 440 g/mol. The molecule has 29 heavy (non-hydrogen) atoms. The monoisotopic (exact) mass is 462 g/mol. The second-order valence-electron chi connectivity index (χ2n) is 7.26. The molecule has 2 amide bonds. The Morgan fingerprint density at radius 2 is 1.59 bits per heavy atom. The van der Waals surface area contributed by atoms with Gasteiger partial charge in [0, 0.05) is 5.56 Å². The number of ether oxygens (including phenoxy) is 2. The van der Waals surface area contributed by atoms with Gasteiger partial charge < -0.3 is 9.47 Å². The molecule has 2 rings (SSSR count). The van der Waals surface area contributed by atoms with Crippen molar-refractivity contribution >= 4 is 33.7 Å². The number of esters is 1. The molecule has 2 aromatic rings. The molecule has 0 bridgehead atoms. The smallest absolute Gasteiger partial charge is 0.337 e. The number of benzene rings is 2. The summed E-state index contributed by atoms with van der Waals surface area (Å²) in [7, 11) is 1.28. The Labute approximate surface area is 177 Å². The van der Waals surface area contributed by atoms with Crippen molar-refractivity contribution in [3.8, 4) is 5.75 Å². The van der Waals surface area contributed by atoms with E-state index in [1.165, 1.54) is 31.4 Å². The Hall–Kier alpha value is -2.87. The number of rotatable bonds is 5. The zero-order chi connectivity index (χ0) is 21.6. The van der Waals surface area contributed by atoms with Crippen molar-refractivity contribution in [1.82, 2.24) is 10.9 Å². The highest BCUT2D eigenvalue weighted by molar-refractivity contribution is 9.10. The van der Waals surface area contributed by atoms with Gasteiger partial charge in [0.1, 0.15) is 5.75 Å². The molecule has 8 heteroatoms. The molecule has 0 unspecified atom stereocenters. The van der Waals surface area contributed by atoms with Crippen LogP contribution in [0.4, 0.5) is 0 Å². The van der Waals surface area contributed by atoms with Crippen LogP contribution in [0.5, 0.6) is 5.75 Å². The molecule has 0 spiro atoms. The maximum Gasteiger partial charge on any atom is 0.337 e. The molecule has 154 valence electrons. The van der Waals surface area contributed by atoms with Crippen LogP contribution < -0.4 is 15.6 Å². The average molecular weight is 463 g/mol. The minimum Gasteiger partial charge on any atom is -0.483 e. The fraction of sp³-hybridized carbons (Fsp3) is 0.286. The number of hydrogen-bond donors (Lipinski definition) is 2. The van der Waals surface area contributed by atoms with Crippen molar-refractivity contribution in [3.63, 3.8) is 0 Å². The Morgan fingerprint density at radius 1 is 0.966 bits per heavy atom. The van der Waals surface area contributed by atoms with Gasteiger partial charge in [-0.15, -0.1) is 0 Å². The third-order valence-corrected chi connectivity index (χ3v) is 4.66. The van der Waals surface area contributed by atoms with E-state index in [2.05, 4.69) is 52.3 Å². The number of halogens is 1. The lowest BCUT2D eigenvalue weighted by atomic mass is 9.87. The predicted octanol–water partition coefficient (Wildman–Crippen LogP) is 3.37. The third-order valence-electron chi connectivity index (χ3n) is 4.04. The molecule has 0 saturated carbocycles. The van der Waals surface area contributed by atoms with E-state index in [1.807, 2.05) is 12.1 Å². The molecular formula is C21H23BrN2O5. The van der Waals surface area contributed by atoms with Gasteiger partial charge in [0.15, 0.2) is 6.61 Å². The number of methoxy groups -OCH3 is 1. The number of carbonyl (C=O) groups is 3. The highest BCUT2D eigenvalue weighted by Gasteiger charge is 2.16. The van der Waals surface area contributed by atoms with Crippen molar-refractivity contribution in [2.45, 2.75) is 26.2 Å². The van der Waals surface area contributed by atoms with Crippen LogP contribution in [0, 0.1) is 0 Å². The summed E-state index contributed by atoms with van der Waals surface area (Å²) in [5.74, 6) is -1.01. The lowest BCUT2D eigenvalue weighted by Gasteiger charge is -2.20. The summed E-state index contributed by atoms with van der Waals surface area (Å²) in [6.45, 7) is 6.05. The van der Waals surface area contributed by atoms with Crippen LogP contribution in [0.2, 0.25) is 0 Å². The molecule has 0 fully saturated rings. The molecule has 0 aromatic heterocycles. The largest absolute Gasteiger partial charge is 0.483 e. The molecule has 2 N–H and O–H groups in total. The Bertz CT molecular complexity index is 904. The first-order valence-corrected chi connectivity index (χ1v) is 9.61. The van der Waals surface area contributed by atoms with Crippen LogP contribution in [0.25, 0.3) is 0 Å². The summed E-state index contributed by atoms with van der Waals surface area (Å²) in [6.07, 6.45) is 0. The van der Waals surface area contributed by atoms with Gasteiger partial charge in [0.25, 0.3) is 11.8 Å². The Kier molecular flexibility index (Phi) is 7.39. The van der Waals surface area contributed by atoms with Crippen LogP contribution in [0.15, 0.2) is 46.9 Å². The summed E-state index contributed by atoms with van der Waals surface area (Å²) >= 11 is 3.44. The van der Waals surface area contributed by atoms with E-state index in [1.54, 1.807) is 6.07 Å². The number of nitrogens with one attached hydrogen (secondary N) is 2. The van der Waals surface area contributed by atoms with Crippen LogP contribution in [0.1, 0.15) is 47.1 Å². The minimum absolute atomic E-state index is 0.00222. The van der Waals surface area contributed by atoms with Crippen molar-refractivity contribution in [1.29, 1.82) is 0 Å². The topological polar surface area (TPSA) is 93.7 Å². The van der Waals surface area contributed by atoms with Crippen molar-refractivity contribution in [3.05, 3.63) is 63.6 Å². The molecule has 0 atom stereocenters. The number of carbonyl (C=O) groups excluding carboxylic acids is 3. The number of hydrogen-bond acceptors (Lipinski definition) is 5. The normalized spacial score (nSPS) is 10.8. The standard InChI is InChI=1S/C21H23BrN2O5/c1-21(2,3)15-9-10-17(16(22)11-15)29-12-18(25)23-24-19(26)13-5-7-14(8-6-13)20(27)28-4/h5-11H,12H2,1-4H3,(H,23,25)(H,24,26). The lowest BCUT2D eigenvalue weighted by molar-refractivity contribution is -0.123. The molecule has 0 aliphatic carbocycles. The van der Waals surface area contributed by atoms with E-state index < -0.39 is 17.8 Å². The molecule has 7 nitrogen and oxygen atoms in total. The fourth-order valence-corrected chi connectivity index (χ4v) is 2.83. The first-order valence-electron chi connectivity index (χ1n) is 8.82. The molecule has 0 saturated heterocycles. The van der Waals surface area contributed by atoms with Gasteiger partial charge in [0.2, 0.25) is 0 Å². The molecule has 0 heterocycles. The second-order valence-corrected chi connectivity index (χ2v) is 8.11. The van der Waals surface area contributed by atoms with E-state index in [4.69, 9.17) is 4.74 Å². The summed E-state index contributed by atoms with van der Waals surface area (Å²) < 4.78 is 10.8. The summed E-state index contributed by atoms with van der Waals surface area (Å²) in [5.41, 5.74) is 6.31. The van der Waals surface area contributed by atoms with Gasteiger partial charge in [-0.2, -0.15) is 0 Å². The van der Waals surface area contributed by atoms with E-state index in [0.29, 0.717) is 11.3 Å². The van der Waals surface area contributed by atoms with Crippen LogP contribution >= 0.6 is 15.9 Å². The van der Waals surface area contributed by atoms with Gasteiger partial charge in [-0.1, -0.05) is 26.8 Å². The summed E-state index contributed by atoms with van der Waals surface area (Å²) in [6, 6.07) is 11.5. The van der Waals surface area contributed by atoms with Gasteiger partial charge in [-0.25, -0.2) is 4.79 Å². The van der Waals surface area contributed by atoms with Gasteiger partial charge in [-0.3, -0.25) is 20.4 Å². The highest BCUT2D eigenvalue weighted by Crippen LogP contribution is 2.31. The Morgan fingerprint density at radius 3 is 2.14 bits per heavy atom. The molecule has 0 aliphatic rings. The van der Waals surface area contributed by atoms with Crippen molar-refractivity contribution in [2.75, 3.05) is 13.7 Å². The maximum atomic E-state index is 12.1. The summed E-state index contributed by atoms with van der Waals surface area (Å²) in [4.78, 5) is 35.4. The zero-order valence-corrected chi connectivity index (χ0v) is 18.3. The van der Waals surface area contributed by atoms with E-state index in [-0.39, 0.29) is 17.6 Å². The second kappa shape index (κ2) is 9.56. The summed E-state index contributed by atoms with van der Waals surface area (Å²) in [5, 5.41) is 0. The third kappa shape index (κ3) is 6.32. The average Bonchev–Trinajstić information content (AvgIpc) is 2.69. The Balaban J connectivity index is 1.85. The van der Waals surface area contributed by atoms with E-state index in [9.17, 15) is 14.4 Å². The SMILES string of the molecule is COC(=O)c1ccc(C(=O)NNC(=O)COc2ccc(C(C)(C)C)cc2Br)cc1. The predicted molar refractivity (Wildman–Crippen MR) is 112 cm³/mol. The van der Waals surface area contributed by atoms with E-state index in [0.717, 1.165) is 10.0 Å². The van der Waals surface area contributed by atoms with Gasteiger partial charge in [0.05, 0.1) is 17.1 Å². The van der Waals surface area contributed by atoms with Crippen LogP contribution in [0.3, 0.4) is 0 Å². The van der Waals surface area contributed by atoms with Gasteiger partial charge >= 0.3 is 5.97 Å². The van der Waals surface area contributed by atoms with E-state index >= 15 is 0 Å². The maximum absolute atomic E-state index is 12.1. The first kappa shape index (κ1) is 22.4. The minimum atomic E-state index is -0.523. The molecule has 0 radical (unpaired) electrons. The highest BCUT2D eigenvalue weighted by atomic mass is 79.9.